The van der Waals surface area contributed by atoms with Crippen LogP contribution < -0.4 is 10.1 Å². The molecule has 0 aliphatic carbocycles. The fourth-order valence-electron chi connectivity index (χ4n) is 1.83. The molecule has 23 heavy (non-hydrogen) atoms. The Labute approximate surface area is 139 Å². The number of aromatic nitrogens is 1. The summed E-state index contributed by atoms with van der Waals surface area (Å²) in [4.78, 5) is 18.4. The van der Waals surface area contributed by atoms with Gasteiger partial charge in [-0.25, -0.2) is 4.98 Å². The molecule has 0 unspecified atom stereocenters. The number of amides is 1. The summed E-state index contributed by atoms with van der Waals surface area (Å²) in [5.74, 6) is -0.00296. The number of hydrogen-bond donors (Lipinski definition) is 2. The molecule has 6 nitrogen and oxygen atoms in total. The Morgan fingerprint density at radius 3 is 2.78 bits per heavy atom. The summed E-state index contributed by atoms with van der Waals surface area (Å²) in [6, 6.07) is 7.89. The first-order chi connectivity index (χ1) is 11.0. The molecule has 1 aromatic heterocycles. The van der Waals surface area contributed by atoms with Gasteiger partial charge in [0.25, 0.3) is 5.91 Å². The van der Waals surface area contributed by atoms with Crippen LogP contribution in [0.4, 0.5) is 5.82 Å². The molecule has 0 aliphatic rings. The van der Waals surface area contributed by atoms with Gasteiger partial charge in [-0.1, -0.05) is 17.7 Å². The molecule has 1 heterocycles. The Bertz CT molecular complexity index is 675. The van der Waals surface area contributed by atoms with Gasteiger partial charge in [-0.15, -0.1) is 0 Å². The molecule has 1 aromatic carbocycles. The van der Waals surface area contributed by atoms with Gasteiger partial charge in [-0.05, 0) is 38.4 Å². The van der Waals surface area contributed by atoms with Gasteiger partial charge >= 0.3 is 0 Å². The molecule has 0 saturated heterocycles. The predicted molar refractivity (Wildman–Crippen MR) is 89.4 cm³/mol. The smallest absolute Gasteiger partial charge is 0.264 e. The van der Waals surface area contributed by atoms with Gasteiger partial charge in [-0.3, -0.25) is 4.79 Å². The van der Waals surface area contributed by atoms with Gasteiger partial charge in [0, 0.05) is 12.7 Å². The molecular weight excluding hydrogens is 318 g/mol. The predicted octanol–water partition coefficient (Wildman–Crippen LogP) is 2.63. The van der Waals surface area contributed by atoms with E-state index in [-0.39, 0.29) is 11.3 Å². The number of pyridine rings is 1. The van der Waals surface area contributed by atoms with Gasteiger partial charge in [0.2, 0.25) is 0 Å². The van der Waals surface area contributed by atoms with Crippen LogP contribution >= 0.6 is 11.6 Å². The normalized spacial score (nSPS) is 10.6. The van der Waals surface area contributed by atoms with Crippen LogP contribution in [-0.4, -0.2) is 48.1 Å². The molecule has 1 amide bonds. The zero-order valence-corrected chi connectivity index (χ0v) is 13.7. The van der Waals surface area contributed by atoms with Crippen molar-refractivity contribution in [3.63, 3.8) is 0 Å². The summed E-state index contributed by atoms with van der Waals surface area (Å²) < 4.78 is 5.60. The summed E-state index contributed by atoms with van der Waals surface area (Å²) in [7, 11) is 3.84. The van der Waals surface area contributed by atoms with Crippen molar-refractivity contribution in [3.8, 4) is 11.5 Å². The highest BCUT2D eigenvalue weighted by Crippen LogP contribution is 2.28. The molecular formula is C16H18ClN3O3. The molecule has 0 spiro atoms. The third-order valence-electron chi connectivity index (χ3n) is 3.00. The van der Waals surface area contributed by atoms with E-state index in [0.29, 0.717) is 29.7 Å². The molecule has 2 rings (SSSR count). The highest BCUT2D eigenvalue weighted by Gasteiger charge is 2.18. The maximum absolute atomic E-state index is 12.4. The van der Waals surface area contributed by atoms with Crippen molar-refractivity contribution in [2.24, 2.45) is 0 Å². The van der Waals surface area contributed by atoms with E-state index >= 15 is 0 Å². The summed E-state index contributed by atoms with van der Waals surface area (Å²) in [5, 5.41) is 13.1. The Kier molecular flexibility index (Phi) is 5.78. The SMILES string of the molecule is CN(C)CCOc1cccc(O)c1C(=O)Nc1ccc(Cl)cn1. The molecule has 122 valence electrons. The minimum Gasteiger partial charge on any atom is -0.507 e. The average Bonchev–Trinajstić information content (AvgIpc) is 2.49. The van der Waals surface area contributed by atoms with Crippen LogP contribution in [0.15, 0.2) is 36.5 Å². The first kappa shape index (κ1) is 17.1. The number of carbonyl (C=O) groups is 1. The third kappa shape index (κ3) is 4.84. The van der Waals surface area contributed by atoms with Crippen LogP contribution in [0.2, 0.25) is 5.02 Å². The monoisotopic (exact) mass is 335 g/mol. The van der Waals surface area contributed by atoms with Gasteiger partial charge in [0.15, 0.2) is 0 Å². The van der Waals surface area contributed by atoms with Crippen molar-refractivity contribution >= 4 is 23.3 Å². The number of phenols is 1. The fraction of sp³-hybridized carbons (Fsp3) is 0.250. The zero-order chi connectivity index (χ0) is 16.8. The lowest BCUT2D eigenvalue weighted by atomic mass is 10.1. The molecule has 0 radical (unpaired) electrons. The number of nitrogens with one attached hydrogen (secondary N) is 1. The highest BCUT2D eigenvalue weighted by atomic mass is 35.5. The average molecular weight is 336 g/mol. The largest absolute Gasteiger partial charge is 0.507 e. The summed E-state index contributed by atoms with van der Waals surface area (Å²) in [6.45, 7) is 1.09. The molecule has 0 atom stereocenters. The second-order valence-electron chi connectivity index (χ2n) is 5.12. The topological polar surface area (TPSA) is 74.7 Å². The quantitative estimate of drug-likeness (QED) is 0.848. The number of phenolic OH excluding ortho intramolecular Hbond substituents is 1. The first-order valence-corrected chi connectivity index (χ1v) is 7.37. The second-order valence-corrected chi connectivity index (χ2v) is 5.55. The lowest BCUT2D eigenvalue weighted by Crippen LogP contribution is -2.21. The summed E-state index contributed by atoms with van der Waals surface area (Å²) >= 11 is 5.76. The van der Waals surface area contributed by atoms with E-state index in [0.717, 1.165) is 0 Å². The summed E-state index contributed by atoms with van der Waals surface area (Å²) in [5.41, 5.74) is 0.0722. The minimum atomic E-state index is -0.502. The maximum Gasteiger partial charge on any atom is 0.264 e. The number of hydrogen-bond acceptors (Lipinski definition) is 5. The van der Waals surface area contributed by atoms with E-state index in [9.17, 15) is 9.90 Å². The van der Waals surface area contributed by atoms with E-state index in [1.54, 1.807) is 24.3 Å². The molecule has 2 N–H and O–H groups in total. The highest BCUT2D eigenvalue weighted by molar-refractivity contribution is 6.30. The van der Waals surface area contributed by atoms with Crippen molar-refractivity contribution in [3.05, 3.63) is 47.1 Å². The maximum atomic E-state index is 12.4. The van der Waals surface area contributed by atoms with Gasteiger partial charge in [0.05, 0.1) is 5.02 Å². The van der Waals surface area contributed by atoms with E-state index in [1.807, 2.05) is 19.0 Å². The summed E-state index contributed by atoms with van der Waals surface area (Å²) in [6.07, 6.45) is 1.43. The fourth-order valence-corrected chi connectivity index (χ4v) is 1.95. The van der Waals surface area contributed by atoms with Crippen LogP contribution in [0.25, 0.3) is 0 Å². The second kappa shape index (κ2) is 7.80. The zero-order valence-electron chi connectivity index (χ0n) is 12.9. The van der Waals surface area contributed by atoms with Gasteiger partial charge in [-0.2, -0.15) is 0 Å². The minimum absolute atomic E-state index is 0.0722. The van der Waals surface area contributed by atoms with Crippen molar-refractivity contribution < 1.29 is 14.6 Å². The first-order valence-electron chi connectivity index (χ1n) is 7.00. The number of benzene rings is 1. The van der Waals surface area contributed by atoms with Crippen LogP contribution in [0.5, 0.6) is 11.5 Å². The molecule has 0 fully saturated rings. The number of rotatable bonds is 6. The third-order valence-corrected chi connectivity index (χ3v) is 3.22. The Balaban J connectivity index is 2.16. The van der Waals surface area contributed by atoms with Crippen LogP contribution in [0, 0.1) is 0 Å². The Morgan fingerprint density at radius 2 is 2.13 bits per heavy atom. The van der Waals surface area contributed by atoms with Crippen molar-refractivity contribution in [2.75, 3.05) is 32.6 Å². The lowest BCUT2D eigenvalue weighted by molar-refractivity contribution is 0.101. The number of aromatic hydroxyl groups is 1. The van der Waals surface area contributed by atoms with E-state index in [2.05, 4.69) is 10.3 Å². The van der Waals surface area contributed by atoms with E-state index in [4.69, 9.17) is 16.3 Å². The number of ether oxygens (including phenoxy) is 1. The van der Waals surface area contributed by atoms with Gasteiger partial charge < -0.3 is 20.1 Å². The number of likely N-dealkylation sites (N-methyl/N-ethyl adjacent to an activating group) is 1. The van der Waals surface area contributed by atoms with Crippen molar-refractivity contribution in [1.82, 2.24) is 9.88 Å². The van der Waals surface area contributed by atoms with E-state index in [1.165, 1.54) is 12.3 Å². The standard InChI is InChI=1S/C16H18ClN3O3/c1-20(2)8-9-23-13-5-3-4-12(21)15(13)16(22)19-14-7-6-11(17)10-18-14/h3-7,10,21H,8-9H2,1-2H3,(H,18,19,22). The molecule has 0 bridgehead atoms. The Morgan fingerprint density at radius 1 is 1.35 bits per heavy atom. The van der Waals surface area contributed by atoms with Crippen molar-refractivity contribution in [2.45, 2.75) is 0 Å². The number of anilines is 1. The number of nitrogens with zero attached hydrogens (tertiary/aromatic N) is 2. The number of halogens is 1. The lowest BCUT2D eigenvalue weighted by Gasteiger charge is -2.14. The van der Waals surface area contributed by atoms with Crippen LogP contribution in [0.1, 0.15) is 10.4 Å². The van der Waals surface area contributed by atoms with Crippen LogP contribution in [0.3, 0.4) is 0 Å². The van der Waals surface area contributed by atoms with Crippen molar-refractivity contribution in [1.29, 1.82) is 0 Å². The Hall–Kier alpha value is -2.31. The molecule has 2 aromatic rings. The molecule has 7 heteroatoms. The van der Waals surface area contributed by atoms with Crippen LogP contribution in [-0.2, 0) is 0 Å². The van der Waals surface area contributed by atoms with E-state index < -0.39 is 5.91 Å². The van der Waals surface area contributed by atoms with Gasteiger partial charge in [0.1, 0.15) is 29.5 Å². The molecule has 0 aliphatic heterocycles. The molecule has 0 saturated carbocycles. The number of carbonyl (C=O) groups excluding carboxylic acids is 1.